The maximum Gasteiger partial charge on any atom is 0.339 e. The van der Waals surface area contributed by atoms with Crippen LogP contribution in [0.15, 0.2) is 53.0 Å². The molecular weight excluding hydrogens is 348 g/mol. The van der Waals surface area contributed by atoms with E-state index in [9.17, 15) is 9.59 Å². The molecule has 2 rings (SSSR count). The van der Waals surface area contributed by atoms with Crippen LogP contribution in [0.2, 0.25) is 0 Å². The molecule has 1 N–H and O–H groups in total. The van der Waals surface area contributed by atoms with Crippen LogP contribution in [0.5, 0.6) is 0 Å². The van der Waals surface area contributed by atoms with Crippen LogP contribution in [0.1, 0.15) is 15.9 Å². The lowest BCUT2D eigenvalue weighted by atomic mass is 10.2. The van der Waals surface area contributed by atoms with Crippen LogP contribution < -0.4 is 5.32 Å². The maximum atomic E-state index is 11.8. The van der Waals surface area contributed by atoms with E-state index in [-0.39, 0.29) is 0 Å². The second-order valence-corrected chi connectivity index (χ2v) is 5.15. The number of ether oxygens (including phenoxy) is 1. The Balaban J connectivity index is 1.92. The van der Waals surface area contributed by atoms with Gasteiger partial charge in [-0.1, -0.05) is 18.2 Å². The van der Waals surface area contributed by atoms with Gasteiger partial charge >= 0.3 is 5.97 Å². The van der Waals surface area contributed by atoms with Crippen LogP contribution in [0.4, 0.5) is 5.69 Å². The number of carbonyl (C=O) groups excluding carboxylic acids is 2. The predicted molar refractivity (Wildman–Crippen MR) is 84.2 cm³/mol. The first kappa shape index (κ1) is 15.7. The molecule has 0 unspecified atom stereocenters. The number of hydrogen-bond donors (Lipinski definition) is 1. The van der Waals surface area contributed by atoms with E-state index in [1.165, 1.54) is 6.07 Å². The fourth-order valence-electron chi connectivity index (χ4n) is 1.70. The first-order valence-corrected chi connectivity index (χ1v) is 7.11. The lowest BCUT2D eigenvalue weighted by Crippen LogP contribution is -2.21. The van der Waals surface area contributed by atoms with Gasteiger partial charge in [0, 0.05) is 10.2 Å². The van der Waals surface area contributed by atoms with Crippen molar-refractivity contribution in [1.82, 2.24) is 0 Å². The van der Waals surface area contributed by atoms with Crippen molar-refractivity contribution in [1.29, 1.82) is 5.26 Å². The Morgan fingerprint density at radius 3 is 2.68 bits per heavy atom. The lowest BCUT2D eigenvalue weighted by molar-refractivity contribution is -0.119. The third kappa shape index (κ3) is 4.17. The highest BCUT2D eigenvalue weighted by molar-refractivity contribution is 9.10. The van der Waals surface area contributed by atoms with E-state index >= 15 is 0 Å². The van der Waals surface area contributed by atoms with Crippen molar-refractivity contribution in [3.63, 3.8) is 0 Å². The minimum atomic E-state index is -0.589. The summed E-state index contributed by atoms with van der Waals surface area (Å²) in [7, 11) is 0. The standard InChI is InChI=1S/C16H11BrN2O3/c17-14-7-2-1-6-13(14)16(21)22-10-15(20)19-12-5-3-4-11(8-12)9-18/h1-8H,10H2,(H,19,20). The monoisotopic (exact) mass is 358 g/mol. The maximum absolute atomic E-state index is 11.8. The van der Waals surface area contributed by atoms with Crippen LogP contribution in [-0.2, 0) is 9.53 Å². The summed E-state index contributed by atoms with van der Waals surface area (Å²) in [6.07, 6.45) is 0. The Kier molecular flexibility index (Phi) is 5.28. The number of nitriles is 1. The first-order chi connectivity index (χ1) is 10.6. The van der Waals surface area contributed by atoms with Crippen LogP contribution in [0.25, 0.3) is 0 Å². The molecule has 0 aliphatic heterocycles. The summed E-state index contributed by atoms with van der Waals surface area (Å²) in [6.45, 7) is -0.406. The Hall–Kier alpha value is -2.65. The number of hydrogen-bond acceptors (Lipinski definition) is 4. The van der Waals surface area contributed by atoms with Gasteiger partial charge in [0.05, 0.1) is 17.2 Å². The Bertz CT molecular complexity index is 753. The fourth-order valence-corrected chi connectivity index (χ4v) is 2.15. The lowest BCUT2D eigenvalue weighted by Gasteiger charge is -2.07. The number of anilines is 1. The van der Waals surface area contributed by atoms with E-state index < -0.39 is 18.5 Å². The molecule has 110 valence electrons. The minimum Gasteiger partial charge on any atom is -0.452 e. The highest BCUT2D eigenvalue weighted by Gasteiger charge is 2.13. The minimum absolute atomic E-state index is 0.349. The number of benzene rings is 2. The highest BCUT2D eigenvalue weighted by Crippen LogP contribution is 2.16. The molecule has 0 atom stereocenters. The summed E-state index contributed by atoms with van der Waals surface area (Å²) in [5.41, 5.74) is 1.26. The van der Waals surface area contributed by atoms with Gasteiger partial charge in [-0.15, -0.1) is 0 Å². The van der Waals surface area contributed by atoms with Crippen LogP contribution in [-0.4, -0.2) is 18.5 Å². The van der Waals surface area contributed by atoms with Gasteiger partial charge < -0.3 is 10.1 Å². The predicted octanol–water partition coefficient (Wildman–Crippen LogP) is 3.12. The SMILES string of the molecule is N#Cc1cccc(NC(=O)COC(=O)c2ccccc2Br)c1. The zero-order valence-electron chi connectivity index (χ0n) is 11.4. The van der Waals surface area contributed by atoms with Crippen molar-refractivity contribution in [2.75, 3.05) is 11.9 Å². The molecule has 2 aromatic rings. The van der Waals surface area contributed by atoms with Gasteiger partial charge in [-0.05, 0) is 46.3 Å². The Labute approximate surface area is 135 Å². The number of carbonyl (C=O) groups is 2. The fraction of sp³-hybridized carbons (Fsp3) is 0.0625. The van der Waals surface area contributed by atoms with Crippen molar-refractivity contribution < 1.29 is 14.3 Å². The van der Waals surface area contributed by atoms with E-state index in [1.54, 1.807) is 42.5 Å². The van der Waals surface area contributed by atoms with Crippen LogP contribution in [0, 0.1) is 11.3 Å². The van der Waals surface area contributed by atoms with E-state index in [0.717, 1.165) is 0 Å². The van der Waals surface area contributed by atoms with Gasteiger partial charge in [0.1, 0.15) is 0 Å². The summed E-state index contributed by atoms with van der Waals surface area (Å²) < 4.78 is 5.55. The molecule has 0 aliphatic carbocycles. The second kappa shape index (κ2) is 7.38. The van der Waals surface area contributed by atoms with Crippen molar-refractivity contribution in [2.24, 2.45) is 0 Å². The normalized spacial score (nSPS) is 9.64. The molecule has 2 aromatic carbocycles. The summed E-state index contributed by atoms with van der Waals surface area (Å²) in [5, 5.41) is 11.3. The van der Waals surface area contributed by atoms with Gasteiger partial charge in [0.2, 0.25) is 0 Å². The van der Waals surface area contributed by atoms with E-state index in [4.69, 9.17) is 10.00 Å². The Morgan fingerprint density at radius 2 is 1.95 bits per heavy atom. The number of nitrogens with one attached hydrogen (secondary N) is 1. The smallest absolute Gasteiger partial charge is 0.339 e. The molecule has 0 saturated heterocycles. The second-order valence-electron chi connectivity index (χ2n) is 4.30. The number of halogens is 1. The zero-order valence-corrected chi connectivity index (χ0v) is 13.0. The topological polar surface area (TPSA) is 79.2 Å². The molecule has 22 heavy (non-hydrogen) atoms. The summed E-state index contributed by atoms with van der Waals surface area (Å²) in [6, 6.07) is 15.2. The average Bonchev–Trinajstić information content (AvgIpc) is 2.53. The molecule has 6 heteroatoms. The van der Waals surface area contributed by atoms with Gasteiger partial charge in [-0.25, -0.2) is 4.79 Å². The van der Waals surface area contributed by atoms with E-state index in [1.807, 2.05) is 6.07 Å². The first-order valence-electron chi connectivity index (χ1n) is 6.32. The summed E-state index contributed by atoms with van der Waals surface area (Å²) in [5.74, 6) is -1.07. The molecule has 0 bridgehead atoms. The van der Waals surface area contributed by atoms with E-state index in [2.05, 4.69) is 21.2 Å². The quantitative estimate of drug-likeness (QED) is 0.851. The molecule has 0 aliphatic rings. The number of esters is 1. The third-order valence-corrected chi connectivity index (χ3v) is 3.40. The molecule has 5 nitrogen and oxygen atoms in total. The largest absolute Gasteiger partial charge is 0.452 e. The van der Waals surface area contributed by atoms with E-state index in [0.29, 0.717) is 21.3 Å². The van der Waals surface area contributed by atoms with Crippen LogP contribution in [0.3, 0.4) is 0 Å². The molecule has 0 spiro atoms. The molecule has 0 heterocycles. The van der Waals surface area contributed by atoms with Gasteiger partial charge in [0.15, 0.2) is 6.61 Å². The third-order valence-electron chi connectivity index (χ3n) is 2.70. The van der Waals surface area contributed by atoms with Crippen molar-refractivity contribution in [3.8, 4) is 6.07 Å². The Morgan fingerprint density at radius 1 is 1.18 bits per heavy atom. The molecular formula is C16H11BrN2O3. The molecule has 1 amide bonds. The summed E-state index contributed by atoms with van der Waals surface area (Å²) in [4.78, 5) is 23.6. The number of nitrogens with zero attached hydrogens (tertiary/aromatic N) is 1. The summed E-state index contributed by atoms with van der Waals surface area (Å²) >= 11 is 3.24. The van der Waals surface area contributed by atoms with Crippen LogP contribution >= 0.6 is 15.9 Å². The molecule has 0 saturated carbocycles. The number of rotatable bonds is 4. The van der Waals surface area contributed by atoms with Gasteiger partial charge in [0.25, 0.3) is 5.91 Å². The van der Waals surface area contributed by atoms with Gasteiger partial charge in [-0.2, -0.15) is 5.26 Å². The number of amides is 1. The van der Waals surface area contributed by atoms with Gasteiger partial charge in [-0.3, -0.25) is 4.79 Å². The average molecular weight is 359 g/mol. The zero-order chi connectivity index (χ0) is 15.9. The molecule has 0 aromatic heterocycles. The molecule has 0 fully saturated rings. The van der Waals surface area contributed by atoms with Crippen molar-refractivity contribution in [2.45, 2.75) is 0 Å². The van der Waals surface area contributed by atoms with Crippen molar-refractivity contribution in [3.05, 3.63) is 64.1 Å². The highest BCUT2D eigenvalue weighted by atomic mass is 79.9. The van der Waals surface area contributed by atoms with Crippen molar-refractivity contribution >= 4 is 33.5 Å². The molecule has 0 radical (unpaired) electrons.